The van der Waals surface area contributed by atoms with Gasteiger partial charge in [0.15, 0.2) is 0 Å². The van der Waals surface area contributed by atoms with Gasteiger partial charge in [-0.15, -0.1) is 0 Å². The third kappa shape index (κ3) is 3.28. The average molecular weight is 292 g/mol. The van der Waals surface area contributed by atoms with E-state index in [0.717, 1.165) is 24.3 Å². The van der Waals surface area contributed by atoms with Crippen LogP contribution in [0.5, 0.6) is 0 Å². The third-order valence-corrected chi connectivity index (χ3v) is 6.34. The molecule has 3 N–H and O–H groups in total. The van der Waals surface area contributed by atoms with Gasteiger partial charge >= 0.3 is 0 Å². The molecule has 4 aliphatic rings. The van der Waals surface area contributed by atoms with E-state index in [2.05, 4.69) is 26.1 Å². The second kappa shape index (κ2) is 5.26. The van der Waals surface area contributed by atoms with Crippen molar-refractivity contribution in [1.29, 1.82) is 0 Å². The Hall–Kier alpha value is -0.570. The summed E-state index contributed by atoms with van der Waals surface area (Å²) in [5.74, 6) is 2.99. The maximum atomic E-state index is 12.2. The van der Waals surface area contributed by atoms with Crippen LogP contribution in [-0.2, 0) is 4.79 Å². The van der Waals surface area contributed by atoms with Crippen molar-refractivity contribution in [2.45, 2.75) is 71.8 Å². The summed E-state index contributed by atoms with van der Waals surface area (Å²) in [7, 11) is 0. The number of nitrogens with two attached hydrogens (primary N) is 1. The summed E-state index contributed by atoms with van der Waals surface area (Å²) < 4.78 is 0. The zero-order valence-corrected chi connectivity index (χ0v) is 14.0. The Morgan fingerprint density at radius 2 is 1.62 bits per heavy atom. The molecule has 0 radical (unpaired) electrons. The summed E-state index contributed by atoms with van der Waals surface area (Å²) in [6, 6.07) is -0.0612. The lowest BCUT2D eigenvalue weighted by molar-refractivity contribution is -0.124. The van der Waals surface area contributed by atoms with Crippen molar-refractivity contribution in [2.75, 3.05) is 6.54 Å². The highest BCUT2D eigenvalue weighted by atomic mass is 16.1. The predicted octanol–water partition coefficient (Wildman–Crippen LogP) is 3.08. The van der Waals surface area contributed by atoms with Crippen molar-refractivity contribution in [1.82, 2.24) is 5.32 Å². The highest BCUT2D eigenvalue weighted by Crippen LogP contribution is 2.59. The standard InChI is InChI=1S/C18H32N2O/c1-17(2,3)15(19)7-16(21)20-11-18-8-12-4-13(9-18)6-14(5-12)10-18/h12-15H,4-11,19H2,1-3H3,(H,20,21). The normalized spacial score (nSPS) is 39.3. The van der Waals surface area contributed by atoms with Crippen LogP contribution in [0.2, 0.25) is 0 Å². The first kappa shape index (κ1) is 15.3. The van der Waals surface area contributed by atoms with Crippen molar-refractivity contribution in [3.05, 3.63) is 0 Å². The molecule has 4 rings (SSSR count). The minimum Gasteiger partial charge on any atom is -0.355 e. The predicted molar refractivity (Wildman–Crippen MR) is 85.7 cm³/mol. The third-order valence-electron chi connectivity index (χ3n) is 6.34. The summed E-state index contributed by atoms with van der Waals surface area (Å²) in [6.07, 6.45) is 8.89. The largest absolute Gasteiger partial charge is 0.355 e. The van der Waals surface area contributed by atoms with Gasteiger partial charge in [-0.2, -0.15) is 0 Å². The SMILES string of the molecule is CC(C)(C)C(N)CC(=O)NCC12CC3CC(CC(C3)C1)C2. The van der Waals surface area contributed by atoms with Gasteiger partial charge < -0.3 is 11.1 Å². The van der Waals surface area contributed by atoms with Crippen molar-refractivity contribution in [3.8, 4) is 0 Å². The molecule has 4 bridgehead atoms. The summed E-state index contributed by atoms with van der Waals surface area (Å²) >= 11 is 0. The van der Waals surface area contributed by atoms with Crippen LogP contribution in [0.3, 0.4) is 0 Å². The van der Waals surface area contributed by atoms with E-state index in [1.807, 2.05) is 0 Å². The number of hydrogen-bond donors (Lipinski definition) is 2. The van der Waals surface area contributed by atoms with Crippen molar-refractivity contribution < 1.29 is 4.79 Å². The van der Waals surface area contributed by atoms with E-state index in [9.17, 15) is 4.79 Å². The molecule has 4 fully saturated rings. The number of nitrogens with one attached hydrogen (secondary N) is 1. The fraction of sp³-hybridized carbons (Fsp3) is 0.944. The molecule has 1 atom stereocenters. The van der Waals surface area contributed by atoms with Crippen molar-refractivity contribution >= 4 is 5.91 Å². The van der Waals surface area contributed by atoms with Gasteiger partial charge in [0.05, 0.1) is 0 Å². The molecule has 0 saturated heterocycles. The second-order valence-corrected chi connectivity index (χ2v) is 9.37. The zero-order valence-electron chi connectivity index (χ0n) is 14.0. The van der Waals surface area contributed by atoms with Crippen LogP contribution in [0.25, 0.3) is 0 Å². The van der Waals surface area contributed by atoms with E-state index in [1.165, 1.54) is 38.5 Å². The molecular weight excluding hydrogens is 260 g/mol. The molecule has 0 spiro atoms. The molecule has 3 heteroatoms. The summed E-state index contributed by atoms with van der Waals surface area (Å²) in [5, 5.41) is 3.22. The van der Waals surface area contributed by atoms with Crippen LogP contribution < -0.4 is 11.1 Å². The molecular formula is C18H32N2O. The first-order valence-electron chi connectivity index (χ1n) is 8.78. The number of amides is 1. The minimum atomic E-state index is -0.0612. The van der Waals surface area contributed by atoms with E-state index in [4.69, 9.17) is 5.73 Å². The lowest BCUT2D eigenvalue weighted by Gasteiger charge is -2.57. The molecule has 4 saturated carbocycles. The summed E-state index contributed by atoms with van der Waals surface area (Å²) in [5.41, 5.74) is 6.55. The molecule has 0 heterocycles. The fourth-order valence-corrected chi connectivity index (χ4v) is 5.37. The van der Waals surface area contributed by atoms with Crippen LogP contribution in [0, 0.1) is 28.6 Å². The Morgan fingerprint density at radius 1 is 1.14 bits per heavy atom. The quantitative estimate of drug-likeness (QED) is 0.836. The molecule has 4 aliphatic carbocycles. The van der Waals surface area contributed by atoms with Crippen LogP contribution in [0.4, 0.5) is 0 Å². The lowest BCUT2D eigenvalue weighted by atomic mass is 9.49. The fourth-order valence-electron chi connectivity index (χ4n) is 5.37. The first-order valence-corrected chi connectivity index (χ1v) is 8.78. The maximum Gasteiger partial charge on any atom is 0.221 e. The van der Waals surface area contributed by atoms with E-state index < -0.39 is 0 Å². The van der Waals surface area contributed by atoms with Gasteiger partial charge in [0.2, 0.25) is 5.91 Å². The molecule has 0 aromatic rings. The monoisotopic (exact) mass is 292 g/mol. The number of rotatable bonds is 4. The molecule has 0 aromatic heterocycles. The van der Waals surface area contributed by atoms with E-state index >= 15 is 0 Å². The summed E-state index contributed by atoms with van der Waals surface area (Å²) in [6.45, 7) is 7.20. The van der Waals surface area contributed by atoms with Gasteiger partial charge in [0.1, 0.15) is 0 Å². The Bertz CT molecular complexity index is 375. The molecule has 3 nitrogen and oxygen atoms in total. The van der Waals surface area contributed by atoms with Crippen molar-refractivity contribution in [3.63, 3.8) is 0 Å². The van der Waals surface area contributed by atoms with Crippen LogP contribution in [0.1, 0.15) is 65.7 Å². The molecule has 0 aliphatic heterocycles. The smallest absolute Gasteiger partial charge is 0.221 e. The lowest BCUT2D eigenvalue weighted by Crippen LogP contribution is -2.51. The van der Waals surface area contributed by atoms with E-state index in [1.54, 1.807) is 0 Å². The molecule has 1 unspecified atom stereocenters. The van der Waals surface area contributed by atoms with Gasteiger partial charge in [-0.3, -0.25) is 4.79 Å². The van der Waals surface area contributed by atoms with Gasteiger partial charge in [0, 0.05) is 19.0 Å². The Labute approximate surface area is 129 Å². The van der Waals surface area contributed by atoms with Gasteiger partial charge in [-0.25, -0.2) is 0 Å². The van der Waals surface area contributed by atoms with Crippen LogP contribution in [-0.4, -0.2) is 18.5 Å². The topological polar surface area (TPSA) is 55.1 Å². The first-order chi connectivity index (χ1) is 9.76. The second-order valence-electron chi connectivity index (χ2n) is 9.37. The molecule has 120 valence electrons. The number of carbonyl (C=O) groups excluding carboxylic acids is 1. The van der Waals surface area contributed by atoms with Crippen LogP contribution >= 0.6 is 0 Å². The molecule has 1 amide bonds. The Balaban J connectivity index is 1.52. The van der Waals surface area contributed by atoms with Gasteiger partial charge in [-0.05, 0) is 67.1 Å². The van der Waals surface area contributed by atoms with Gasteiger partial charge in [-0.1, -0.05) is 20.8 Å². The number of hydrogen-bond acceptors (Lipinski definition) is 2. The van der Waals surface area contributed by atoms with E-state index in [0.29, 0.717) is 11.8 Å². The highest BCUT2D eigenvalue weighted by molar-refractivity contribution is 5.76. The molecule has 21 heavy (non-hydrogen) atoms. The Morgan fingerprint density at radius 3 is 2.05 bits per heavy atom. The summed E-state index contributed by atoms with van der Waals surface area (Å²) in [4.78, 5) is 12.2. The number of carbonyl (C=O) groups is 1. The van der Waals surface area contributed by atoms with Crippen molar-refractivity contribution in [2.24, 2.45) is 34.3 Å². The van der Waals surface area contributed by atoms with Crippen LogP contribution in [0.15, 0.2) is 0 Å². The maximum absolute atomic E-state index is 12.2. The average Bonchev–Trinajstić information content (AvgIpc) is 2.33. The Kier molecular flexibility index (Phi) is 3.84. The zero-order chi connectivity index (χ0) is 15.3. The minimum absolute atomic E-state index is 0.00196. The van der Waals surface area contributed by atoms with Gasteiger partial charge in [0.25, 0.3) is 0 Å². The van der Waals surface area contributed by atoms with E-state index in [-0.39, 0.29) is 17.4 Å². The molecule has 0 aromatic carbocycles. The highest BCUT2D eigenvalue weighted by Gasteiger charge is 2.50.